The number of aromatic nitrogens is 1. The van der Waals surface area contributed by atoms with Crippen molar-refractivity contribution in [1.82, 2.24) is 15.2 Å². The molecule has 0 spiro atoms. The Kier molecular flexibility index (Phi) is 5.17. The third-order valence-corrected chi connectivity index (χ3v) is 3.49. The molecule has 116 valence electrons. The zero-order chi connectivity index (χ0) is 15.3. The third kappa shape index (κ3) is 5.34. The van der Waals surface area contributed by atoms with E-state index in [0.717, 1.165) is 32.5 Å². The van der Waals surface area contributed by atoms with Crippen molar-refractivity contribution < 1.29 is 9.53 Å². The number of carbonyl (C=O) groups is 1. The van der Waals surface area contributed by atoms with Gasteiger partial charge in [0.1, 0.15) is 5.60 Å². The lowest BCUT2D eigenvalue weighted by Crippen LogP contribution is -2.46. The number of pyridine rings is 1. The Morgan fingerprint density at radius 3 is 2.52 bits per heavy atom. The highest BCUT2D eigenvalue weighted by molar-refractivity contribution is 5.68. The first-order chi connectivity index (χ1) is 9.94. The Morgan fingerprint density at radius 2 is 1.95 bits per heavy atom. The van der Waals surface area contributed by atoms with E-state index < -0.39 is 5.60 Å². The lowest BCUT2D eigenvalue weighted by molar-refractivity contribution is 0.0198. The van der Waals surface area contributed by atoms with Gasteiger partial charge in [0.15, 0.2) is 0 Å². The highest BCUT2D eigenvalue weighted by atomic mass is 16.6. The molecule has 0 bridgehead atoms. The summed E-state index contributed by atoms with van der Waals surface area (Å²) in [5.74, 6) is 0. The summed E-state index contributed by atoms with van der Waals surface area (Å²) in [6, 6.07) is 4.49. The Bertz CT molecular complexity index is 448. The Morgan fingerprint density at radius 1 is 1.33 bits per heavy atom. The second-order valence-corrected chi connectivity index (χ2v) is 6.48. The highest BCUT2D eigenvalue weighted by Gasteiger charge is 2.26. The van der Waals surface area contributed by atoms with Gasteiger partial charge in [0.25, 0.3) is 0 Å². The van der Waals surface area contributed by atoms with Gasteiger partial charge in [-0.05, 0) is 51.3 Å². The molecule has 2 rings (SSSR count). The lowest BCUT2D eigenvalue weighted by atomic mass is 10.1. The van der Waals surface area contributed by atoms with Crippen molar-refractivity contribution in [1.29, 1.82) is 0 Å². The molecular weight excluding hydrogens is 266 g/mol. The summed E-state index contributed by atoms with van der Waals surface area (Å²) in [4.78, 5) is 17.8. The van der Waals surface area contributed by atoms with E-state index in [0.29, 0.717) is 6.04 Å². The summed E-state index contributed by atoms with van der Waals surface area (Å²) in [5.41, 5.74) is 0.813. The number of hydrogen-bond acceptors (Lipinski definition) is 4. The van der Waals surface area contributed by atoms with Gasteiger partial charge in [-0.2, -0.15) is 0 Å². The summed E-state index contributed by atoms with van der Waals surface area (Å²) in [6.45, 7) is 8.04. The SMILES string of the molecule is CC(C)(C)OC(=O)N1CCC(NCc2ccncc2)CC1. The van der Waals surface area contributed by atoms with Crippen LogP contribution in [0.15, 0.2) is 24.5 Å². The Balaban J connectivity index is 1.72. The van der Waals surface area contributed by atoms with Gasteiger partial charge in [-0.15, -0.1) is 0 Å². The largest absolute Gasteiger partial charge is 0.444 e. The number of nitrogens with one attached hydrogen (secondary N) is 1. The van der Waals surface area contributed by atoms with Crippen molar-refractivity contribution in [3.8, 4) is 0 Å². The first kappa shape index (κ1) is 15.8. The first-order valence-corrected chi connectivity index (χ1v) is 7.54. The van der Waals surface area contributed by atoms with Crippen LogP contribution >= 0.6 is 0 Å². The van der Waals surface area contributed by atoms with Crippen molar-refractivity contribution in [2.75, 3.05) is 13.1 Å². The van der Waals surface area contributed by atoms with Crippen LogP contribution in [-0.4, -0.2) is 40.7 Å². The second-order valence-electron chi connectivity index (χ2n) is 6.48. The zero-order valence-corrected chi connectivity index (χ0v) is 13.1. The van der Waals surface area contributed by atoms with Gasteiger partial charge >= 0.3 is 6.09 Å². The van der Waals surface area contributed by atoms with Gasteiger partial charge in [0.2, 0.25) is 0 Å². The molecule has 5 nitrogen and oxygen atoms in total. The van der Waals surface area contributed by atoms with Crippen LogP contribution in [-0.2, 0) is 11.3 Å². The number of ether oxygens (including phenoxy) is 1. The van der Waals surface area contributed by atoms with Gasteiger partial charge < -0.3 is 15.0 Å². The smallest absolute Gasteiger partial charge is 0.410 e. The topological polar surface area (TPSA) is 54.5 Å². The van der Waals surface area contributed by atoms with Gasteiger partial charge in [0, 0.05) is 38.1 Å². The monoisotopic (exact) mass is 291 g/mol. The maximum atomic E-state index is 12.0. The molecule has 1 aliphatic rings. The van der Waals surface area contributed by atoms with Gasteiger partial charge in [-0.25, -0.2) is 4.79 Å². The van der Waals surface area contributed by atoms with Gasteiger partial charge in [0.05, 0.1) is 0 Å². The maximum absolute atomic E-state index is 12.0. The Hall–Kier alpha value is -1.62. The average molecular weight is 291 g/mol. The van der Waals surface area contributed by atoms with Crippen molar-refractivity contribution >= 4 is 6.09 Å². The van der Waals surface area contributed by atoms with E-state index >= 15 is 0 Å². The predicted molar refractivity (Wildman–Crippen MR) is 81.9 cm³/mol. The maximum Gasteiger partial charge on any atom is 0.410 e. The molecule has 0 atom stereocenters. The molecule has 0 aliphatic carbocycles. The number of likely N-dealkylation sites (tertiary alicyclic amines) is 1. The molecule has 1 aromatic heterocycles. The van der Waals surface area contributed by atoms with Crippen molar-refractivity contribution in [2.45, 2.75) is 51.8 Å². The first-order valence-electron chi connectivity index (χ1n) is 7.54. The summed E-state index contributed by atoms with van der Waals surface area (Å²) >= 11 is 0. The molecule has 21 heavy (non-hydrogen) atoms. The fourth-order valence-electron chi connectivity index (χ4n) is 2.36. The molecular formula is C16H25N3O2. The van der Waals surface area contributed by atoms with Crippen LogP contribution in [0.25, 0.3) is 0 Å². The van der Waals surface area contributed by atoms with Crippen LogP contribution in [0, 0.1) is 0 Å². The minimum atomic E-state index is -0.423. The van der Waals surface area contributed by atoms with Crippen LogP contribution in [0.5, 0.6) is 0 Å². The predicted octanol–water partition coefficient (Wildman–Crippen LogP) is 2.57. The second kappa shape index (κ2) is 6.89. The fraction of sp³-hybridized carbons (Fsp3) is 0.625. The number of carbonyl (C=O) groups excluding carboxylic acids is 1. The fourth-order valence-corrected chi connectivity index (χ4v) is 2.36. The van der Waals surface area contributed by atoms with Crippen LogP contribution in [0.2, 0.25) is 0 Å². The van der Waals surface area contributed by atoms with Crippen LogP contribution in [0.3, 0.4) is 0 Å². The molecule has 0 saturated carbocycles. The normalized spacial score (nSPS) is 16.8. The van der Waals surface area contributed by atoms with Gasteiger partial charge in [-0.3, -0.25) is 4.98 Å². The third-order valence-electron chi connectivity index (χ3n) is 3.49. The van der Waals surface area contributed by atoms with E-state index in [1.54, 1.807) is 4.90 Å². The average Bonchev–Trinajstić information content (AvgIpc) is 2.45. The van der Waals surface area contributed by atoms with E-state index in [1.165, 1.54) is 5.56 Å². The molecule has 2 heterocycles. The molecule has 0 unspecified atom stereocenters. The lowest BCUT2D eigenvalue weighted by Gasteiger charge is -2.33. The summed E-state index contributed by atoms with van der Waals surface area (Å²) in [7, 11) is 0. The quantitative estimate of drug-likeness (QED) is 0.930. The van der Waals surface area contributed by atoms with Crippen LogP contribution in [0.4, 0.5) is 4.79 Å². The number of hydrogen-bond donors (Lipinski definition) is 1. The van der Waals surface area contributed by atoms with Crippen LogP contribution < -0.4 is 5.32 Å². The molecule has 0 radical (unpaired) electrons. The minimum Gasteiger partial charge on any atom is -0.444 e. The van der Waals surface area contributed by atoms with Crippen molar-refractivity contribution in [3.05, 3.63) is 30.1 Å². The molecule has 5 heteroatoms. The van der Waals surface area contributed by atoms with Crippen molar-refractivity contribution in [3.63, 3.8) is 0 Å². The molecule has 1 amide bonds. The molecule has 1 aliphatic heterocycles. The summed E-state index contributed by atoms with van der Waals surface area (Å²) < 4.78 is 5.40. The number of piperidine rings is 1. The van der Waals surface area contributed by atoms with Crippen LogP contribution in [0.1, 0.15) is 39.2 Å². The zero-order valence-electron chi connectivity index (χ0n) is 13.1. The molecule has 1 N–H and O–H groups in total. The Labute approximate surface area is 126 Å². The number of rotatable bonds is 3. The highest BCUT2D eigenvalue weighted by Crippen LogP contribution is 2.15. The number of nitrogens with zero attached hydrogens (tertiary/aromatic N) is 2. The molecule has 1 aromatic rings. The van der Waals surface area contributed by atoms with Gasteiger partial charge in [-0.1, -0.05) is 0 Å². The summed E-state index contributed by atoms with van der Waals surface area (Å²) in [5, 5.41) is 3.54. The van der Waals surface area contributed by atoms with Crippen molar-refractivity contribution in [2.24, 2.45) is 0 Å². The molecule has 1 saturated heterocycles. The summed E-state index contributed by atoms with van der Waals surface area (Å²) in [6.07, 6.45) is 5.34. The molecule has 0 aromatic carbocycles. The van der Waals surface area contributed by atoms with E-state index in [1.807, 2.05) is 45.3 Å². The van der Waals surface area contributed by atoms with E-state index in [2.05, 4.69) is 10.3 Å². The van der Waals surface area contributed by atoms with E-state index in [-0.39, 0.29) is 6.09 Å². The minimum absolute atomic E-state index is 0.199. The number of amides is 1. The standard InChI is InChI=1S/C16H25N3O2/c1-16(2,3)21-15(20)19-10-6-14(7-11-19)18-12-13-4-8-17-9-5-13/h4-5,8-9,14,18H,6-7,10-12H2,1-3H3. The van der Waals surface area contributed by atoms with E-state index in [4.69, 9.17) is 4.74 Å². The van der Waals surface area contributed by atoms with E-state index in [9.17, 15) is 4.79 Å². The molecule has 1 fully saturated rings.